The van der Waals surface area contributed by atoms with E-state index >= 15 is 0 Å². The molecule has 0 bridgehead atoms. The van der Waals surface area contributed by atoms with E-state index in [2.05, 4.69) is 22.0 Å². The van der Waals surface area contributed by atoms with Crippen LogP contribution in [0.1, 0.15) is 30.4 Å². The summed E-state index contributed by atoms with van der Waals surface area (Å²) >= 11 is 8.06. The van der Waals surface area contributed by atoms with E-state index in [1.165, 1.54) is 24.8 Å². The summed E-state index contributed by atoms with van der Waals surface area (Å²) in [6.45, 7) is 4.00. The van der Waals surface area contributed by atoms with Gasteiger partial charge in [-0.05, 0) is 43.6 Å². The van der Waals surface area contributed by atoms with Crippen LogP contribution in [0.2, 0.25) is 5.02 Å². The fraction of sp³-hybridized carbons (Fsp3) is 0.346. The fourth-order valence-electron chi connectivity index (χ4n) is 4.48. The molecule has 2 aliphatic heterocycles. The predicted octanol–water partition coefficient (Wildman–Crippen LogP) is 5.85. The summed E-state index contributed by atoms with van der Waals surface area (Å²) in [5.74, 6) is 1.50. The summed E-state index contributed by atoms with van der Waals surface area (Å²) < 4.78 is 0. The second-order valence-corrected chi connectivity index (χ2v) is 10.00. The van der Waals surface area contributed by atoms with Gasteiger partial charge in [-0.25, -0.2) is 14.8 Å². The van der Waals surface area contributed by atoms with Crippen molar-refractivity contribution in [2.45, 2.75) is 36.7 Å². The average Bonchev–Trinajstić information content (AvgIpc) is 2.88. The Balaban J connectivity index is 1.41. The Morgan fingerprint density at radius 2 is 1.71 bits per heavy atom. The summed E-state index contributed by atoms with van der Waals surface area (Å²) in [5, 5.41) is 1.25. The van der Waals surface area contributed by atoms with Crippen molar-refractivity contribution < 1.29 is 4.79 Å². The predicted molar refractivity (Wildman–Crippen MR) is 139 cm³/mol. The molecule has 3 heterocycles. The summed E-state index contributed by atoms with van der Waals surface area (Å²) in [6.07, 6.45) is 5.59. The van der Waals surface area contributed by atoms with Crippen LogP contribution in [0.15, 0.2) is 66.0 Å². The van der Waals surface area contributed by atoms with Crippen molar-refractivity contribution in [3.05, 3.63) is 76.9 Å². The van der Waals surface area contributed by atoms with Crippen LogP contribution in [0, 0.1) is 0 Å². The molecule has 0 radical (unpaired) electrons. The maximum Gasteiger partial charge on any atom is 0.330 e. The van der Waals surface area contributed by atoms with E-state index in [1.54, 1.807) is 16.7 Å². The molecule has 0 saturated carbocycles. The molecule has 8 heteroatoms. The molecule has 0 atom stereocenters. The Labute approximate surface area is 209 Å². The molecule has 2 amide bonds. The molecule has 6 nitrogen and oxygen atoms in total. The lowest BCUT2D eigenvalue weighted by Crippen LogP contribution is -2.50. The van der Waals surface area contributed by atoms with Gasteiger partial charge in [-0.1, -0.05) is 72.2 Å². The van der Waals surface area contributed by atoms with Gasteiger partial charge in [0.2, 0.25) is 0 Å². The topological polar surface area (TPSA) is 52.6 Å². The van der Waals surface area contributed by atoms with Crippen LogP contribution in [0.3, 0.4) is 0 Å². The molecule has 3 aromatic rings. The second-order valence-electron chi connectivity index (χ2n) is 8.65. The van der Waals surface area contributed by atoms with E-state index in [0.717, 1.165) is 36.8 Å². The number of piperidine rings is 1. The molecule has 1 aromatic heterocycles. The van der Waals surface area contributed by atoms with Gasteiger partial charge in [0.15, 0.2) is 5.16 Å². The normalized spacial score (nSPS) is 16.6. The van der Waals surface area contributed by atoms with E-state index < -0.39 is 0 Å². The Kier molecular flexibility index (Phi) is 7.33. The molecule has 0 N–H and O–H groups in total. The smallest absolute Gasteiger partial charge is 0.302 e. The van der Waals surface area contributed by atoms with E-state index in [0.29, 0.717) is 29.0 Å². The molecule has 5 rings (SSSR count). The highest BCUT2D eigenvalue weighted by Gasteiger charge is 2.34. The zero-order valence-electron chi connectivity index (χ0n) is 19.1. The summed E-state index contributed by atoms with van der Waals surface area (Å²) in [5.41, 5.74) is 2.87. The summed E-state index contributed by atoms with van der Waals surface area (Å²) in [4.78, 5) is 29.2. The maximum absolute atomic E-state index is 13.7. The Morgan fingerprint density at radius 1 is 0.941 bits per heavy atom. The highest BCUT2D eigenvalue weighted by Crippen LogP contribution is 2.35. The number of carbonyl (C=O) groups excluding carboxylic acids is 1. The number of anilines is 2. The molecule has 2 aliphatic rings. The van der Waals surface area contributed by atoms with Crippen molar-refractivity contribution in [3.63, 3.8) is 0 Å². The number of hydrogen-bond donors (Lipinski definition) is 0. The number of urea groups is 1. The first-order chi connectivity index (χ1) is 16.7. The third-order valence-electron chi connectivity index (χ3n) is 6.31. The van der Waals surface area contributed by atoms with Crippen molar-refractivity contribution >= 4 is 40.9 Å². The van der Waals surface area contributed by atoms with Gasteiger partial charge < -0.3 is 4.90 Å². The van der Waals surface area contributed by atoms with Gasteiger partial charge in [0.25, 0.3) is 0 Å². The van der Waals surface area contributed by atoms with Crippen molar-refractivity contribution in [2.75, 3.05) is 36.0 Å². The Morgan fingerprint density at radius 3 is 2.50 bits per heavy atom. The fourth-order valence-corrected chi connectivity index (χ4v) is 5.48. The monoisotopic (exact) mass is 493 g/mol. The zero-order valence-corrected chi connectivity index (χ0v) is 20.6. The Bertz CT molecular complexity index is 1140. The van der Waals surface area contributed by atoms with Gasteiger partial charge in [0.1, 0.15) is 5.82 Å². The van der Waals surface area contributed by atoms with Gasteiger partial charge in [0, 0.05) is 30.6 Å². The van der Waals surface area contributed by atoms with Crippen molar-refractivity contribution in [3.8, 4) is 0 Å². The van der Waals surface area contributed by atoms with Crippen LogP contribution in [-0.4, -0.2) is 47.1 Å². The number of rotatable bonds is 7. The molecule has 1 fully saturated rings. The number of halogens is 1. The molecule has 0 aliphatic carbocycles. The van der Waals surface area contributed by atoms with Crippen molar-refractivity contribution in [2.24, 2.45) is 0 Å². The van der Waals surface area contributed by atoms with Crippen molar-refractivity contribution in [1.82, 2.24) is 14.9 Å². The molecule has 176 valence electrons. The highest BCUT2D eigenvalue weighted by atomic mass is 35.5. The highest BCUT2D eigenvalue weighted by molar-refractivity contribution is 7.98. The maximum atomic E-state index is 13.7. The first-order valence-electron chi connectivity index (χ1n) is 11.8. The minimum atomic E-state index is -0.0877. The quantitative estimate of drug-likeness (QED) is 0.305. The molecule has 34 heavy (non-hydrogen) atoms. The van der Waals surface area contributed by atoms with Crippen LogP contribution in [-0.2, 0) is 12.3 Å². The third kappa shape index (κ3) is 5.22. The number of para-hydroxylation sites is 1. The van der Waals surface area contributed by atoms with E-state index in [9.17, 15) is 4.79 Å². The molecule has 1 saturated heterocycles. The summed E-state index contributed by atoms with van der Waals surface area (Å²) in [6, 6.07) is 17.7. The number of aromatic nitrogens is 2. The average molecular weight is 494 g/mol. The number of benzene rings is 2. The molecule has 0 unspecified atom stereocenters. The number of likely N-dealkylation sites (tertiary alicyclic amines) is 1. The first-order valence-corrected chi connectivity index (χ1v) is 13.1. The lowest BCUT2D eigenvalue weighted by atomic mass is 10.1. The van der Waals surface area contributed by atoms with Crippen LogP contribution in [0.5, 0.6) is 0 Å². The zero-order chi connectivity index (χ0) is 23.3. The molecular weight excluding hydrogens is 466 g/mol. The Hall–Kier alpha value is -2.61. The number of thioether (sulfide) groups is 1. The van der Waals surface area contributed by atoms with E-state index in [-0.39, 0.29) is 6.03 Å². The van der Waals surface area contributed by atoms with Gasteiger partial charge in [-0.15, -0.1) is 0 Å². The number of hydrogen-bond acceptors (Lipinski definition) is 5. The SMILES string of the molecule is O=C1N(c2ccccc2Cl)Cc2cnc(SCc3ccccc3)nc2N1CCN1CCCCC1. The number of nitrogens with zero attached hydrogens (tertiary/aromatic N) is 5. The van der Waals surface area contributed by atoms with E-state index in [1.807, 2.05) is 53.6 Å². The lowest BCUT2D eigenvalue weighted by molar-refractivity contribution is 0.227. The van der Waals surface area contributed by atoms with Gasteiger partial charge in [-0.2, -0.15) is 0 Å². The first kappa shape index (κ1) is 23.1. The van der Waals surface area contributed by atoms with Gasteiger partial charge >= 0.3 is 6.03 Å². The van der Waals surface area contributed by atoms with Gasteiger partial charge in [0.05, 0.1) is 17.3 Å². The van der Waals surface area contributed by atoms with Crippen LogP contribution >= 0.6 is 23.4 Å². The number of amides is 2. The minimum absolute atomic E-state index is 0.0877. The molecule has 0 spiro atoms. The second kappa shape index (κ2) is 10.8. The molecular formula is C26H28ClN5OS. The lowest BCUT2D eigenvalue weighted by Gasteiger charge is -2.37. The molecule has 2 aromatic carbocycles. The van der Waals surface area contributed by atoms with Crippen LogP contribution in [0.4, 0.5) is 16.3 Å². The summed E-state index contributed by atoms with van der Waals surface area (Å²) in [7, 11) is 0. The van der Waals surface area contributed by atoms with Gasteiger partial charge in [-0.3, -0.25) is 9.80 Å². The standard InChI is InChI=1S/C26H28ClN5OS/c27-22-11-5-6-12-23(22)32-18-21-17-28-25(34-19-20-9-3-1-4-10-20)29-24(21)31(26(32)33)16-15-30-13-7-2-8-14-30/h1,3-6,9-12,17H,2,7-8,13-16,18-19H2. The third-order valence-corrected chi connectivity index (χ3v) is 7.56. The van der Waals surface area contributed by atoms with E-state index in [4.69, 9.17) is 16.6 Å². The minimum Gasteiger partial charge on any atom is -0.302 e. The van der Waals surface area contributed by atoms with Crippen LogP contribution < -0.4 is 9.80 Å². The van der Waals surface area contributed by atoms with Crippen LogP contribution in [0.25, 0.3) is 0 Å². The number of carbonyl (C=O) groups is 1. The van der Waals surface area contributed by atoms with Crippen molar-refractivity contribution in [1.29, 1.82) is 0 Å². The largest absolute Gasteiger partial charge is 0.330 e. The number of fused-ring (bicyclic) bond motifs is 1.